The van der Waals surface area contributed by atoms with E-state index in [0.717, 1.165) is 12.8 Å². The summed E-state index contributed by atoms with van der Waals surface area (Å²) in [6.07, 6.45) is 5.24. The number of alkyl halides is 2. The van der Waals surface area contributed by atoms with Crippen LogP contribution in [0, 0.1) is 11.3 Å². The molecule has 0 bridgehead atoms. The van der Waals surface area contributed by atoms with Gasteiger partial charge in [-0.2, -0.15) is 13.9 Å². The molecule has 1 aliphatic heterocycles. The number of ether oxygens (including phenoxy) is 1. The molecule has 1 saturated carbocycles. The third-order valence-electron chi connectivity index (χ3n) is 8.24. The van der Waals surface area contributed by atoms with Gasteiger partial charge in [-0.15, -0.1) is 10.2 Å². The van der Waals surface area contributed by atoms with Gasteiger partial charge in [0.25, 0.3) is 5.91 Å². The zero-order valence-electron chi connectivity index (χ0n) is 26.1. The second-order valence-electron chi connectivity index (χ2n) is 13.1. The molecule has 0 radical (unpaired) electrons. The van der Waals surface area contributed by atoms with Crippen molar-refractivity contribution in [2.24, 2.45) is 22.1 Å². The van der Waals surface area contributed by atoms with Gasteiger partial charge in [-0.25, -0.2) is 9.67 Å². The highest BCUT2D eigenvalue weighted by Crippen LogP contribution is 2.46. The van der Waals surface area contributed by atoms with Crippen LogP contribution in [0.5, 0.6) is 0 Å². The number of halogens is 3. The van der Waals surface area contributed by atoms with E-state index in [9.17, 15) is 18.4 Å². The number of esters is 1. The van der Waals surface area contributed by atoms with Crippen molar-refractivity contribution in [2.45, 2.75) is 64.6 Å². The van der Waals surface area contributed by atoms with Crippen LogP contribution in [-0.4, -0.2) is 49.3 Å². The SMILES string of the molecule is CC(C)(C)C[C@]1(c2ccc(-c3cnn(C(F)F)c3)cc2)N=C(N)N([C@H](COC(=O)CC2CC2)c2ccc(Cl)c(-c3nncs3)c2)C1=O. The van der Waals surface area contributed by atoms with Crippen LogP contribution in [0.2, 0.25) is 5.02 Å². The number of aromatic nitrogens is 4. The van der Waals surface area contributed by atoms with E-state index in [1.807, 2.05) is 20.8 Å². The van der Waals surface area contributed by atoms with E-state index >= 15 is 0 Å². The number of hydrogen-bond acceptors (Lipinski definition) is 9. The Kier molecular flexibility index (Phi) is 8.88. The van der Waals surface area contributed by atoms with Gasteiger partial charge >= 0.3 is 12.5 Å². The number of carbonyl (C=O) groups excluding carboxylic acids is 2. The van der Waals surface area contributed by atoms with Crippen molar-refractivity contribution in [2.75, 3.05) is 6.61 Å². The summed E-state index contributed by atoms with van der Waals surface area (Å²) in [6.45, 7) is 3.12. The Morgan fingerprint density at radius 3 is 2.53 bits per heavy atom. The molecule has 2 aliphatic rings. The minimum absolute atomic E-state index is 0.0165. The van der Waals surface area contributed by atoms with Gasteiger partial charge in [0.2, 0.25) is 0 Å². The molecule has 2 aromatic carbocycles. The van der Waals surface area contributed by atoms with E-state index in [1.54, 1.807) is 48.0 Å². The molecule has 10 nitrogen and oxygen atoms in total. The van der Waals surface area contributed by atoms with E-state index in [1.165, 1.54) is 28.6 Å². The number of benzene rings is 2. The van der Waals surface area contributed by atoms with E-state index in [4.69, 9.17) is 27.1 Å². The third kappa shape index (κ3) is 6.91. The number of nitrogens with two attached hydrogens (primary N) is 1. The van der Waals surface area contributed by atoms with Gasteiger partial charge in [-0.3, -0.25) is 14.5 Å². The summed E-state index contributed by atoms with van der Waals surface area (Å²) in [5.74, 6) is -0.409. The second-order valence-corrected chi connectivity index (χ2v) is 14.4. The molecular weight excluding hydrogens is 648 g/mol. The first kappa shape index (κ1) is 32.7. The van der Waals surface area contributed by atoms with Gasteiger partial charge in [0.05, 0.1) is 17.3 Å². The smallest absolute Gasteiger partial charge is 0.333 e. The molecule has 2 atom stereocenters. The van der Waals surface area contributed by atoms with Gasteiger partial charge in [0.15, 0.2) is 11.5 Å². The summed E-state index contributed by atoms with van der Waals surface area (Å²) in [6, 6.07) is 11.5. The van der Waals surface area contributed by atoms with Gasteiger partial charge in [0.1, 0.15) is 17.1 Å². The van der Waals surface area contributed by atoms with Crippen molar-refractivity contribution in [1.82, 2.24) is 24.9 Å². The monoisotopic (exact) mass is 681 g/mol. The summed E-state index contributed by atoms with van der Waals surface area (Å²) < 4.78 is 32.6. The van der Waals surface area contributed by atoms with Gasteiger partial charge in [-0.05, 0) is 59.4 Å². The Morgan fingerprint density at radius 2 is 1.91 bits per heavy atom. The highest BCUT2D eigenvalue weighted by Gasteiger charge is 2.53. The highest BCUT2D eigenvalue weighted by atomic mass is 35.5. The molecule has 2 aromatic heterocycles. The van der Waals surface area contributed by atoms with Crippen LogP contribution in [0.1, 0.15) is 70.2 Å². The summed E-state index contributed by atoms with van der Waals surface area (Å²) in [5.41, 5.74) is 9.45. The maximum atomic E-state index is 14.8. The Hall–Kier alpha value is -4.23. The maximum absolute atomic E-state index is 14.8. The van der Waals surface area contributed by atoms with Crippen LogP contribution in [0.25, 0.3) is 21.7 Å². The van der Waals surface area contributed by atoms with E-state index < -0.39 is 18.1 Å². The van der Waals surface area contributed by atoms with Crippen LogP contribution in [0.3, 0.4) is 0 Å². The third-order valence-corrected chi connectivity index (χ3v) is 9.29. The summed E-state index contributed by atoms with van der Waals surface area (Å²) in [5, 5.41) is 12.9. The van der Waals surface area contributed by atoms with Crippen molar-refractivity contribution in [1.29, 1.82) is 0 Å². The minimum Gasteiger partial charge on any atom is -0.463 e. The molecule has 2 N–H and O–H groups in total. The number of rotatable bonds is 11. The lowest BCUT2D eigenvalue weighted by Crippen LogP contribution is -2.47. The fourth-order valence-corrected chi connectivity index (χ4v) is 6.77. The van der Waals surface area contributed by atoms with Gasteiger partial charge in [-0.1, -0.05) is 74.0 Å². The average molecular weight is 682 g/mol. The Labute approximate surface area is 279 Å². The van der Waals surface area contributed by atoms with Gasteiger partial charge < -0.3 is 10.5 Å². The Morgan fingerprint density at radius 1 is 1.17 bits per heavy atom. The lowest BCUT2D eigenvalue weighted by molar-refractivity contribution is -0.148. The molecular formula is C33H34ClF2N7O3S. The normalized spacial score (nSPS) is 18.9. The zero-order chi connectivity index (χ0) is 33.5. The minimum atomic E-state index is -2.76. The summed E-state index contributed by atoms with van der Waals surface area (Å²) in [7, 11) is 0. The quantitative estimate of drug-likeness (QED) is 0.169. The number of aliphatic imine (C=N–C) groups is 1. The lowest BCUT2D eigenvalue weighted by Gasteiger charge is -2.35. The van der Waals surface area contributed by atoms with Crippen molar-refractivity contribution in [3.8, 4) is 21.7 Å². The summed E-state index contributed by atoms with van der Waals surface area (Å²) >= 11 is 7.87. The first-order valence-corrected chi connectivity index (χ1v) is 16.4. The molecule has 246 valence electrons. The number of hydrogen-bond donors (Lipinski definition) is 1. The fourth-order valence-electron chi connectivity index (χ4n) is 5.92. The molecule has 1 aliphatic carbocycles. The molecule has 0 spiro atoms. The van der Waals surface area contributed by atoms with E-state index in [-0.39, 0.29) is 29.9 Å². The van der Waals surface area contributed by atoms with E-state index in [0.29, 0.717) is 61.3 Å². The largest absolute Gasteiger partial charge is 0.463 e. The first-order valence-electron chi connectivity index (χ1n) is 15.2. The second kappa shape index (κ2) is 12.8. The van der Waals surface area contributed by atoms with Crippen molar-refractivity contribution < 1.29 is 23.1 Å². The molecule has 0 unspecified atom stereocenters. The number of amides is 1. The molecule has 0 saturated heterocycles. The van der Waals surface area contributed by atoms with Crippen LogP contribution in [0.15, 0.2) is 65.4 Å². The number of carbonyl (C=O) groups is 2. The molecule has 14 heteroatoms. The molecule has 1 fully saturated rings. The predicted octanol–water partition coefficient (Wildman–Crippen LogP) is 6.99. The maximum Gasteiger partial charge on any atom is 0.333 e. The van der Waals surface area contributed by atoms with Crippen LogP contribution in [0.4, 0.5) is 8.78 Å². The molecule has 1 amide bonds. The Balaban J connectivity index is 1.38. The molecule has 4 aromatic rings. The van der Waals surface area contributed by atoms with Crippen LogP contribution in [-0.2, 0) is 19.9 Å². The molecule has 47 heavy (non-hydrogen) atoms. The fraction of sp³-hybridized carbons (Fsp3) is 0.394. The zero-order valence-corrected chi connectivity index (χ0v) is 27.6. The van der Waals surface area contributed by atoms with Crippen molar-refractivity contribution in [3.05, 3.63) is 76.5 Å². The van der Waals surface area contributed by atoms with Crippen LogP contribution >= 0.6 is 22.9 Å². The Bertz CT molecular complexity index is 1800. The number of guanidine groups is 1. The highest BCUT2D eigenvalue weighted by molar-refractivity contribution is 7.12. The molecule has 3 heterocycles. The summed E-state index contributed by atoms with van der Waals surface area (Å²) in [4.78, 5) is 33.9. The topological polar surface area (TPSA) is 129 Å². The lowest BCUT2D eigenvalue weighted by atomic mass is 9.75. The van der Waals surface area contributed by atoms with E-state index in [2.05, 4.69) is 15.3 Å². The molecule has 6 rings (SSSR count). The first-order chi connectivity index (χ1) is 22.3. The predicted molar refractivity (Wildman–Crippen MR) is 175 cm³/mol. The standard InChI is InChI=1S/C33H34ClF2N7O3S/c1-32(2,3)17-33(23-9-6-20(7-10-23)22-14-39-42(15-22)30(35)36)29(45)43(31(37)40-33)26(16-46-27(44)12-19-4-5-19)21-8-11-25(34)24(13-21)28-41-38-18-47-28/h6-11,13-15,18-19,26,30H,4-5,12,16-17H2,1-3H3,(H2,37,40)/t26-,33-/m1/s1. The van der Waals surface area contributed by atoms with Crippen LogP contribution < -0.4 is 5.73 Å². The van der Waals surface area contributed by atoms with Crippen molar-refractivity contribution in [3.63, 3.8) is 0 Å². The average Bonchev–Trinajstić information content (AvgIpc) is 3.38. The van der Waals surface area contributed by atoms with Gasteiger partial charge in [0, 0.05) is 23.7 Å². The van der Waals surface area contributed by atoms with Crippen molar-refractivity contribution >= 4 is 40.8 Å². The number of nitrogens with zero attached hydrogens (tertiary/aromatic N) is 6.